The number of carbonyl (C=O) groups excluding carboxylic acids is 1. The van der Waals surface area contributed by atoms with Crippen molar-refractivity contribution in [3.05, 3.63) is 70.4 Å². The molecule has 0 bridgehead atoms. The second kappa shape index (κ2) is 9.30. The maximum absolute atomic E-state index is 11.9. The van der Waals surface area contributed by atoms with Crippen LogP contribution < -0.4 is 14.9 Å². The van der Waals surface area contributed by atoms with Crippen molar-refractivity contribution in [2.45, 2.75) is 13.8 Å². The molecule has 0 unspecified atom stereocenters. The van der Waals surface area contributed by atoms with Crippen LogP contribution in [0.25, 0.3) is 11.3 Å². The average molecular weight is 413 g/mol. The minimum atomic E-state index is -0.366. The molecule has 6 nitrogen and oxygen atoms in total. The summed E-state index contributed by atoms with van der Waals surface area (Å²) in [6.07, 6.45) is 1.42. The molecule has 7 heteroatoms. The van der Waals surface area contributed by atoms with Crippen molar-refractivity contribution in [1.82, 2.24) is 5.43 Å². The van der Waals surface area contributed by atoms with Gasteiger partial charge in [-0.05, 0) is 55.8 Å². The molecule has 1 heterocycles. The minimum absolute atomic E-state index is 0.130. The zero-order valence-electron chi connectivity index (χ0n) is 16.4. The third-order valence-corrected chi connectivity index (χ3v) is 4.43. The summed E-state index contributed by atoms with van der Waals surface area (Å²) in [5.74, 6) is 2.01. The first-order valence-corrected chi connectivity index (χ1v) is 9.30. The van der Waals surface area contributed by atoms with E-state index in [2.05, 4.69) is 10.5 Å². The molecule has 0 aliphatic rings. The van der Waals surface area contributed by atoms with Crippen molar-refractivity contribution in [2.24, 2.45) is 5.10 Å². The number of hydrazone groups is 1. The van der Waals surface area contributed by atoms with Crippen LogP contribution in [0.1, 0.15) is 16.9 Å². The van der Waals surface area contributed by atoms with Crippen molar-refractivity contribution in [2.75, 3.05) is 13.7 Å². The van der Waals surface area contributed by atoms with Gasteiger partial charge in [-0.15, -0.1) is 0 Å². The first kappa shape index (κ1) is 20.5. The Kier molecular flexibility index (Phi) is 6.57. The van der Waals surface area contributed by atoms with E-state index in [1.54, 1.807) is 31.4 Å². The van der Waals surface area contributed by atoms with Crippen molar-refractivity contribution < 1.29 is 18.7 Å². The van der Waals surface area contributed by atoms with Crippen LogP contribution in [0, 0.1) is 13.8 Å². The van der Waals surface area contributed by atoms with Gasteiger partial charge in [-0.2, -0.15) is 5.10 Å². The molecule has 150 valence electrons. The van der Waals surface area contributed by atoms with Gasteiger partial charge in [0.15, 0.2) is 6.61 Å². The fraction of sp³-hybridized carbons (Fsp3) is 0.182. The SMILES string of the molecule is COc1ccc(-c2ccc(C=NNC(=O)COc3ccc(C)cc3C)o2)cc1Cl. The summed E-state index contributed by atoms with van der Waals surface area (Å²) in [4.78, 5) is 11.9. The summed E-state index contributed by atoms with van der Waals surface area (Å²) >= 11 is 6.14. The average Bonchev–Trinajstić information content (AvgIpc) is 3.16. The summed E-state index contributed by atoms with van der Waals surface area (Å²) < 4.78 is 16.4. The highest BCUT2D eigenvalue weighted by atomic mass is 35.5. The van der Waals surface area contributed by atoms with E-state index in [4.69, 9.17) is 25.5 Å². The van der Waals surface area contributed by atoms with Crippen LogP contribution in [-0.2, 0) is 4.79 Å². The third-order valence-electron chi connectivity index (χ3n) is 4.13. The lowest BCUT2D eigenvalue weighted by atomic mass is 10.1. The van der Waals surface area contributed by atoms with Crippen LogP contribution in [0.5, 0.6) is 11.5 Å². The van der Waals surface area contributed by atoms with Gasteiger partial charge in [0.25, 0.3) is 5.91 Å². The molecule has 0 saturated carbocycles. The number of ether oxygens (including phenoxy) is 2. The summed E-state index contributed by atoms with van der Waals surface area (Å²) in [7, 11) is 1.56. The van der Waals surface area contributed by atoms with Gasteiger partial charge in [0.1, 0.15) is 23.0 Å². The Morgan fingerprint density at radius 1 is 1.14 bits per heavy atom. The predicted octanol–water partition coefficient (Wildman–Crippen LogP) is 4.75. The largest absolute Gasteiger partial charge is 0.495 e. The smallest absolute Gasteiger partial charge is 0.277 e. The lowest BCUT2D eigenvalue weighted by molar-refractivity contribution is -0.123. The van der Waals surface area contributed by atoms with E-state index in [0.29, 0.717) is 28.0 Å². The number of methoxy groups -OCH3 is 1. The molecular weight excluding hydrogens is 392 g/mol. The van der Waals surface area contributed by atoms with E-state index in [-0.39, 0.29) is 12.5 Å². The molecule has 3 aromatic rings. The van der Waals surface area contributed by atoms with E-state index in [1.165, 1.54) is 6.21 Å². The topological polar surface area (TPSA) is 73.1 Å². The monoisotopic (exact) mass is 412 g/mol. The van der Waals surface area contributed by atoms with E-state index < -0.39 is 0 Å². The van der Waals surface area contributed by atoms with E-state index in [0.717, 1.165) is 16.7 Å². The second-order valence-electron chi connectivity index (χ2n) is 6.40. The Hall–Kier alpha value is -3.25. The Labute approximate surface area is 174 Å². The van der Waals surface area contributed by atoms with Gasteiger partial charge in [-0.1, -0.05) is 29.3 Å². The van der Waals surface area contributed by atoms with Crippen LogP contribution in [0.3, 0.4) is 0 Å². The number of rotatable bonds is 7. The molecule has 0 saturated heterocycles. The first-order valence-electron chi connectivity index (χ1n) is 8.92. The van der Waals surface area contributed by atoms with Gasteiger partial charge >= 0.3 is 0 Å². The quantitative estimate of drug-likeness (QED) is 0.448. The van der Waals surface area contributed by atoms with Gasteiger partial charge in [0.05, 0.1) is 18.3 Å². The normalized spacial score (nSPS) is 10.9. The minimum Gasteiger partial charge on any atom is -0.495 e. The standard InChI is InChI=1S/C22H21ClN2O4/c1-14-4-7-19(15(2)10-14)28-13-22(26)25-24-12-17-6-9-20(29-17)16-5-8-21(27-3)18(23)11-16/h4-12H,13H2,1-3H3,(H,25,26). The molecule has 0 radical (unpaired) electrons. The molecule has 0 aliphatic carbocycles. The van der Waals surface area contributed by atoms with Gasteiger partial charge in [0.2, 0.25) is 0 Å². The number of furan rings is 1. The van der Waals surface area contributed by atoms with Gasteiger partial charge in [0, 0.05) is 5.56 Å². The van der Waals surface area contributed by atoms with E-state index in [9.17, 15) is 4.79 Å². The molecule has 1 amide bonds. The number of nitrogens with zero attached hydrogens (tertiary/aromatic N) is 1. The fourth-order valence-corrected chi connectivity index (χ4v) is 2.96. The maximum atomic E-state index is 11.9. The molecule has 29 heavy (non-hydrogen) atoms. The molecule has 0 atom stereocenters. The third kappa shape index (κ3) is 5.39. The number of amides is 1. The van der Waals surface area contributed by atoms with Gasteiger partial charge in [-0.25, -0.2) is 5.43 Å². The lowest BCUT2D eigenvalue weighted by Gasteiger charge is -2.08. The molecular formula is C22H21ClN2O4. The number of carbonyl (C=O) groups is 1. The van der Waals surface area contributed by atoms with Gasteiger partial charge < -0.3 is 13.9 Å². The highest BCUT2D eigenvalue weighted by Gasteiger charge is 2.08. The molecule has 0 aliphatic heterocycles. The highest BCUT2D eigenvalue weighted by molar-refractivity contribution is 6.32. The first-order chi connectivity index (χ1) is 14.0. The zero-order valence-corrected chi connectivity index (χ0v) is 17.1. The molecule has 1 aromatic heterocycles. The lowest BCUT2D eigenvalue weighted by Crippen LogP contribution is -2.24. The summed E-state index contributed by atoms with van der Waals surface area (Å²) in [6, 6.07) is 14.7. The number of nitrogens with one attached hydrogen (secondary N) is 1. The number of hydrogen-bond acceptors (Lipinski definition) is 5. The molecule has 2 aromatic carbocycles. The fourth-order valence-electron chi connectivity index (χ4n) is 2.70. The Balaban J connectivity index is 1.54. The number of halogens is 1. The van der Waals surface area contributed by atoms with Crippen molar-refractivity contribution in [3.8, 4) is 22.8 Å². The van der Waals surface area contributed by atoms with Crippen LogP contribution in [0.15, 0.2) is 58.0 Å². The van der Waals surface area contributed by atoms with Crippen LogP contribution in [0.4, 0.5) is 0 Å². The second-order valence-corrected chi connectivity index (χ2v) is 6.81. The number of hydrogen-bond donors (Lipinski definition) is 1. The number of benzene rings is 2. The maximum Gasteiger partial charge on any atom is 0.277 e. The highest BCUT2D eigenvalue weighted by Crippen LogP contribution is 2.30. The van der Waals surface area contributed by atoms with Crippen molar-refractivity contribution in [1.29, 1.82) is 0 Å². The van der Waals surface area contributed by atoms with E-state index >= 15 is 0 Å². The van der Waals surface area contributed by atoms with Gasteiger partial charge in [-0.3, -0.25) is 4.79 Å². The Morgan fingerprint density at radius 2 is 1.93 bits per heavy atom. The van der Waals surface area contributed by atoms with Crippen LogP contribution >= 0.6 is 11.6 Å². The summed E-state index contributed by atoms with van der Waals surface area (Å²) in [5, 5.41) is 4.39. The van der Waals surface area contributed by atoms with Crippen LogP contribution in [0.2, 0.25) is 5.02 Å². The predicted molar refractivity (Wildman–Crippen MR) is 113 cm³/mol. The Morgan fingerprint density at radius 3 is 2.66 bits per heavy atom. The molecule has 1 N–H and O–H groups in total. The molecule has 0 spiro atoms. The summed E-state index contributed by atoms with van der Waals surface area (Å²) in [6.45, 7) is 3.80. The van der Waals surface area contributed by atoms with Crippen molar-refractivity contribution >= 4 is 23.7 Å². The zero-order chi connectivity index (χ0) is 20.8. The number of aryl methyl sites for hydroxylation is 2. The molecule has 3 rings (SSSR count). The summed E-state index contributed by atoms with van der Waals surface area (Å²) in [5.41, 5.74) is 5.33. The van der Waals surface area contributed by atoms with Crippen molar-refractivity contribution in [3.63, 3.8) is 0 Å². The van der Waals surface area contributed by atoms with E-state index in [1.807, 2.05) is 38.1 Å². The van der Waals surface area contributed by atoms with Crippen LogP contribution in [-0.4, -0.2) is 25.8 Å². The Bertz CT molecular complexity index is 1040. The molecule has 0 fully saturated rings.